The lowest BCUT2D eigenvalue weighted by atomic mass is 9.99. The number of benzene rings is 1. The van der Waals surface area contributed by atoms with Crippen LogP contribution in [0.2, 0.25) is 0 Å². The fourth-order valence-corrected chi connectivity index (χ4v) is 3.73. The van der Waals surface area contributed by atoms with Crippen molar-refractivity contribution in [3.8, 4) is 0 Å². The van der Waals surface area contributed by atoms with E-state index in [1.54, 1.807) is 7.11 Å². The molecule has 0 N–H and O–H groups in total. The molecule has 0 saturated carbocycles. The monoisotopic (exact) mass is 274 g/mol. The summed E-state index contributed by atoms with van der Waals surface area (Å²) in [6.07, 6.45) is 3.88. The van der Waals surface area contributed by atoms with E-state index in [4.69, 9.17) is 4.74 Å². The molecule has 110 valence electrons. The van der Waals surface area contributed by atoms with Crippen LogP contribution < -0.4 is 0 Å². The highest BCUT2D eigenvalue weighted by Crippen LogP contribution is 2.32. The van der Waals surface area contributed by atoms with E-state index in [1.165, 1.54) is 38.0 Å². The van der Waals surface area contributed by atoms with Gasteiger partial charge in [-0.05, 0) is 31.4 Å². The van der Waals surface area contributed by atoms with Crippen LogP contribution in [0.1, 0.15) is 30.9 Å². The quantitative estimate of drug-likeness (QED) is 0.768. The zero-order chi connectivity index (χ0) is 13.8. The molecule has 20 heavy (non-hydrogen) atoms. The van der Waals surface area contributed by atoms with Crippen LogP contribution in [0.4, 0.5) is 0 Å². The molecule has 2 fully saturated rings. The van der Waals surface area contributed by atoms with Crippen molar-refractivity contribution in [3.05, 3.63) is 35.9 Å². The third kappa shape index (κ3) is 3.05. The molecule has 3 nitrogen and oxygen atoms in total. The van der Waals surface area contributed by atoms with Gasteiger partial charge in [0, 0.05) is 45.4 Å². The Kier molecular flexibility index (Phi) is 4.71. The van der Waals surface area contributed by atoms with Crippen molar-refractivity contribution >= 4 is 0 Å². The molecule has 0 aromatic heterocycles. The van der Waals surface area contributed by atoms with Crippen LogP contribution >= 0.6 is 0 Å². The third-order valence-electron chi connectivity index (χ3n) is 4.77. The summed E-state index contributed by atoms with van der Waals surface area (Å²) in [5.41, 5.74) is 1.47. The zero-order valence-corrected chi connectivity index (χ0v) is 12.5. The molecule has 0 radical (unpaired) electrons. The first-order valence-corrected chi connectivity index (χ1v) is 7.90. The number of rotatable bonds is 5. The molecule has 0 amide bonds. The molecule has 0 bridgehead atoms. The molecule has 2 atom stereocenters. The lowest BCUT2D eigenvalue weighted by Crippen LogP contribution is -2.52. The maximum atomic E-state index is 5.22. The number of methoxy groups -OCH3 is 1. The van der Waals surface area contributed by atoms with Gasteiger partial charge in [-0.1, -0.05) is 30.3 Å². The summed E-state index contributed by atoms with van der Waals surface area (Å²) in [6.45, 7) is 5.73. The Morgan fingerprint density at radius 3 is 2.85 bits per heavy atom. The summed E-state index contributed by atoms with van der Waals surface area (Å²) in [6, 6.07) is 12.4. The Bertz CT molecular complexity index is 409. The Balaban J connectivity index is 1.72. The molecule has 0 spiro atoms. The van der Waals surface area contributed by atoms with Gasteiger partial charge in [-0.2, -0.15) is 0 Å². The molecule has 3 rings (SSSR count). The highest BCUT2D eigenvalue weighted by Gasteiger charge is 2.36. The molecule has 2 unspecified atom stereocenters. The van der Waals surface area contributed by atoms with Crippen LogP contribution in [-0.2, 0) is 4.74 Å². The van der Waals surface area contributed by atoms with Gasteiger partial charge in [0.1, 0.15) is 0 Å². The minimum Gasteiger partial charge on any atom is -0.385 e. The average molecular weight is 274 g/mol. The highest BCUT2D eigenvalue weighted by atomic mass is 16.5. The summed E-state index contributed by atoms with van der Waals surface area (Å²) in [7, 11) is 1.80. The average Bonchev–Trinajstić information content (AvgIpc) is 2.95. The number of piperazine rings is 1. The number of hydrogen-bond donors (Lipinski definition) is 0. The van der Waals surface area contributed by atoms with Crippen molar-refractivity contribution in [2.24, 2.45) is 0 Å². The summed E-state index contributed by atoms with van der Waals surface area (Å²) in [5.74, 6) is 0. The van der Waals surface area contributed by atoms with Gasteiger partial charge in [0.2, 0.25) is 0 Å². The van der Waals surface area contributed by atoms with Gasteiger partial charge in [-0.15, -0.1) is 0 Å². The van der Waals surface area contributed by atoms with E-state index in [2.05, 4.69) is 40.1 Å². The van der Waals surface area contributed by atoms with Gasteiger partial charge in [0.15, 0.2) is 0 Å². The Morgan fingerprint density at radius 2 is 2.05 bits per heavy atom. The van der Waals surface area contributed by atoms with Crippen molar-refractivity contribution in [2.75, 3.05) is 39.9 Å². The second kappa shape index (κ2) is 6.70. The van der Waals surface area contributed by atoms with Crippen molar-refractivity contribution in [1.29, 1.82) is 0 Å². The van der Waals surface area contributed by atoms with Gasteiger partial charge in [-0.3, -0.25) is 9.80 Å². The first-order chi connectivity index (χ1) is 9.88. The predicted molar refractivity (Wildman–Crippen MR) is 81.8 cm³/mol. The van der Waals surface area contributed by atoms with Crippen LogP contribution in [0.15, 0.2) is 30.3 Å². The molecule has 2 heterocycles. The minimum atomic E-state index is 0.558. The molecule has 2 aliphatic heterocycles. The highest BCUT2D eigenvalue weighted by molar-refractivity contribution is 5.20. The van der Waals surface area contributed by atoms with Crippen molar-refractivity contribution in [1.82, 2.24) is 9.80 Å². The Labute approximate surface area is 122 Å². The molecular weight excluding hydrogens is 248 g/mol. The van der Waals surface area contributed by atoms with E-state index in [1.807, 2.05) is 0 Å². The molecule has 1 aromatic carbocycles. The first-order valence-electron chi connectivity index (χ1n) is 7.90. The Morgan fingerprint density at radius 1 is 1.20 bits per heavy atom. The maximum absolute atomic E-state index is 5.22. The van der Waals surface area contributed by atoms with Crippen molar-refractivity contribution < 1.29 is 4.74 Å². The predicted octanol–water partition coefficient (Wildman–Crippen LogP) is 2.54. The van der Waals surface area contributed by atoms with Gasteiger partial charge >= 0.3 is 0 Å². The largest absolute Gasteiger partial charge is 0.385 e. The van der Waals surface area contributed by atoms with E-state index in [0.29, 0.717) is 6.04 Å². The van der Waals surface area contributed by atoms with E-state index in [0.717, 1.165) is 25.6 Å². The summed E-state index contributed by atoms with van der Waals surface area (Å²) >= 11 is 0. The Hall–Kier alpha value is -0.900. The number of fused-ring (bicyclic) bond motifs is 1. The van der Waals surface area contributed by atoms with Crippen LogP contribution in [-0.4, -0.2) is 55.7 Å². The molecule has 0 aliphatic carbocycles. The molecule has 1 aromatic rings. The molecule has 2 aliphatic rings. The number of nitrogens with zero attached hydrogens (tertiary/aromatic N) is 2. The first kappa shape index (κ1) is 14.1. The van der Waals surface area contributed by atoms with E-state index < -0.39 is 0 Å². The second-order valence-electron chi connectivity index (χ2n) is 6.06. The third-order valence-corrected chi connectivity index (χ3v) is 4.77. The van der Waals surface area contributed by atoms with Gasteiger partial charge in [0.25, 0.3) is 0 Å². The fraction of sp³-hybridized carbons (Fsp3) is 0.647. The molecule has 2 saturated heterocycles. The number of hydrogen-bond acceptors (Lipinski definition) is 3. The lowest BCUT2D eigenvalue weighted by molar-refractivity contribution is 0.0440. The van der Waals surface area contributed by atoms with E-state index in [-0.39, 0.29) is 0 Å². The maximum Gasteiger partial charge on any atom is 0.0476 e. The SMILES string of the molecule is COCCCN1CC2CCCN2CC1c1ccccc1. The van der Waals surface area contributed by atoms with Crippen LogP contribution in [0.25, 0.3) is 0 Å². The van der Waals surface area contributed by atoms with Crippen LogP contribution in [0.3, 0.4) is 0 Å². The van der Waals surface area contributed by atoms with Gasteiger partial charge in [-0.25, -0.2) is 0 Å². The van der Waals surface area contributed by atoms with Gasteiger partial charge < -0.3 is 4.74 Å². The topological polar surface area (TPSA) is 15.7 Å². The van der Waals surface area contributed by atoms with E-state index in [9.17, 15) is 0 Å². The summed E-state index contributed by atoms with van der Waals surface area (Å²) in [5, 5.41) is 0. The lowest BCUT2D eigenvalue weighted by Gasteiger charge is -2.44. The summed E-state index contributed by atoms with van der Waals surface area (Å²) < 4.78 is 5.22. The fourth-order valence-electron chi connectivity index (χ4n) is 3.73. The van der Waals surface area contributed by atoms with E-state index >= 15 is 0 Å². The van der Waals surface area contributed by atoms with Crippen molar-refractivity contribution in [3.63, 3.8) is 0 Å². The van der Waals surface area contributed by atoms with Crippen LogP contribution in [0.5, 0.6) is 0 Å². The minimum absolute atomic E-state index is 0.558. The standard InChI is InChI=1S/C17H26N2O/c1-20-12-6-11-19-13-16-9-5-10-18(16)14-17(19)15-7-3-2-4-8-15/h2-4,7-8,16-17H,5-6,9-14H2,1H3. The van der Waals surface area contributed by atoms with Crippen LogP contribution in [0, 0.1) is 0 Å². The summed E-state index contributed by atoms with van der Waals surface area (Å²) in [4.78, 5) is 5.38. The number of ether oxygens (including phenoxy) is 1. The second-order valence-corrected chi connectivity index (χ2v) is 6.06. The molecule has 3 heteroatoms. The van der Waals surface area contributed by atoms with Crippen molar-refractivity contribution in [2.45, 2.75) is 31.3 Å². The van der Waals surface area contributed by atoms with Gasteiger partial charge in [0.05, 0.1) is 0 Å². The molecular formula is C17H26N2O. The normalized spacial score (nSPS) is 27.6. The zero-order valence-electron chi connectivity index (χ0n) is 12.5. The smallest absolute Gasteiger partial charge is 0.0476 e.